The molecule has 2 aromatic rings. The summed E-state index contributed by atoms with van der Waals surface area (Å²) in [5.41, 5.74) is 2.57. The third kappa shape index (κ3) is 2.05. The Hall–Kier alpha value is -1.85. The maximum atomic E-state index is 8.75. The van der Waals surface area contributed by atoms with E-state index in [1.54, 1.807) is 12.3 Å². The summed E-state index contributed by atoms with van der Waals surface area (Å²) < 4.78 is 0. The molecule has 0 saturated carbocycles. The molecule has 1 aromatic carbocycles. The minimum atomic E-state index is 0.269. The Morgan fingerprint density at radius 1 is 1.19 bits per heavy atom. The molecule has 2 rings (SSSR count). The van der Waals surface area contributed by atoms with Crippen molar-refractivity contribution in [2.45, 2.75) is 6.42 Å². The van der Waals surface area contributed by atoms with Crippen LogP contribution in [0.3, 0.4) is 0 Å². The minimum absolute atomic E-state index is 0.269. The molecule has 2 nitrogen and oxygen atoms in total. The molecule has 0 spiro atoms. The second-order valence-electron chi connectivity index (χ2n) is 3.32. The van der Waals surface area contributed by atoms with Crippen LogP contribution in [0.5, 0.6) is 0 Å². The Labute approximate surface area is 99.1 Å². The van der Waals surface area contributed by atoms with Crippen molar-refractivity contribution in [1.29, 1.82) is 5.26 Å². The van der Waals surface area contributed by atoms with Crippen LogP contribution in [0.25, 0.3) is 11.1 Å². The van der Waals surface area contributed by atoms with Crippen LogP contribution in [0.1, 0.15) is 5.69 Å². The normalized spacial score (nSPS) is 9.75. The van der Waals surface area contributed by atoms with Crippen molar-refractivity contribution < 1.29 is 0 Å². The lowest BCUT2D eigenvalue weighted by atomic mass is 10.0. The standard InChI is InChI=1S/C13H9ClN2/c14-11-7-9-16-12(6-8-15)13(11)10-4-2-1-3-5-10/h1-5,7,9H,6H2. The zero-order valence-electron chi connectivity index (χ0n) is 8.52. The van der Waals surface area contributed by atoms with E-state index in [4.69, 9.17) is 16.9 Å². The Balaban J connectivity index is 2.60. The Bertz CT molecular complexity index is 529. The van der Waals surface area contributed by atoms with Crippen molar-refractivity contribution in [3.8, 4) is 17.2 Å². The summed E-state index contributed by atoms with van der Waals surface area (Å²) >= 11 is 6.15. The van der Waals surface area contributed by atoms with Crippen molar-refractivity contribution in [2.75, 3.05) is 0 Å². The van der Waals surface area contributed by atoms with Gasteiger partial charge in [-0.05, 0) is 11.6 Å². The Morgan fingerprint density at radius 3 is 2.62 bits per heavy atom. The van der Waals surface area contributed by atoms with Gasteiger partial charge in [-0.2, -0.15) is 5.26 Å². The number of aromatic nitrogens is 1. The molecule has 0 bridgehead atoms. The van der Waals surface area contributed by atoms with Crippen LogP contribution in [0, 0.1) is 11.3 Å². The molecule has 0 aliphatic rings. The van der Waals surface area contributed by atoms with Crippen molar-refractivity contribution in [3.63, 3.8) is 0 Å². The van der Waals surface area contributed by atoms with E-state index in [0.717, 1.165) is 16.8 Å². The number of rotatable bonds is 2. The summed E-state index contributed by atoms with van der Waals surface area (Å²) in [5, 5.41) is 9.38. The lowest BCUT2D eigenvalue weighted by Gasteiger charge is -2.07. The van der Waals surface area contributed by atoms with E-state index in [0.29, 0.717) is 5.02 Å². The molecule has 0 N–H and O–H groups in total. The van der Waals surface area contributed by atoms with Gasteiger partial charge in [0.1, 0.15) is 0 Å². The monoisotopic (exact) mass is 228 g/mol. The zero-order chi connectivity index (χ0) is 11.4. The molecule has 0 radical (unpaired) electrons. The van der Waals surface area contributed by atoms with Crippen molar-refractivity contribution in [3.05, 3.63) is 53.3 Å². The summed E-state index contributed by atoms with van der Waals surface area (Å²) in [5.74, 6) is 0. The largest absolute Gasteiger partial charge is 0.259 e. The molecule has 0 amide bonds. The van der Waals surface area contributed by atoms with Gasteiger partial charge in [0.15, 0.2) is 0 Å². The summed E-state index contributed by atoms with van der Waals surface area (Å²) in [6, 6.07) is 13.6. The second-order valence-corrected chi connectivity index (χ2v) is 3.72. The molecule has 0 aliphatic carbocycles. The van der Waals surface area contributed by atoms with Crippen molar-refractivity contribution in [1.82, 2.24) is 4.98 Å². The van der Waals surface area contributed by atoms with Gasteiger partial charge >= 0.3 is 0 Å². The van der Waals surface area contributed by atoms with Gasteiger partial charge in [0, 0.05) is 11.8 Å². The quantitative estimate of drug-likeness (QED) is 0.789. The summed E-state index contributed by atoms with van der Waals surface area (Å²) in [6.45, 7) is 0. The van der Waals surface area contributed by atoms with Crippen molar-refractivity contribution >= 4 is 11.6 Å². The van der Waals surface area contributed by atoms with E-state index < -0.39 is 0 Å². The molecule has 0 atom stereocenters. The minimum Gasteiger partial charge on any atom is -0.259 e. The highest BCUT2D eigenvalue weighted by molar-refractivity contribution is 6.33. The average molecular weight is 229 g/mol. The highest BCUT2D eigenvalue weighted by Gasteiger charge is 2.09. The molecular formula is C13H9ClN2. The van der Waals surface area contributed by atoms with E-state index >= 15 is 0 Å². The number of hydrogen-bond acceptors (Lipinski definition) is 2. The Kier molecular flexibility index (Phi) is 3.19. The SMILES string of the molecule is N#CCc1nccc(Cl)c1-c1ccccc1. The first-order chi connectivity index (χ1) is 7.83. The van der Waals surface area contributed by atoms with Crippen LogP contribution in [-0.4, -0.2) is 4.98 Å². The fourth-order valence-corrected chi connectivity index (χ4v) is 1.87. The van der Waals surface area contributed by atoms with E-state index in [2.05, 4.69) is 11.1 Å². The average Bonchev–Trinajstić information content (AvgIpc) is 2.31. The van der Waals surface area contributed by atoms with Gasteiger partial charge in [-0.1, -0.05) is 41.9 Å². The summed E-state index contributed by atoms with van der Waals surface area (Å²) in [4.78, 5) is 4.20. The molecule has 1 heterocycles. The van der Waals surface area contributed by atoms with Gasteiger partial charge in [-0.3, -0.25) is 4.98 Å². The summed E-state index contributed by atoms with van der Waals surface area (Å²) in [7, 11) is 0. The fourth-order valence-electron chi connectivity index (χ4n) is 1.60. The van der Waals surface area contributed by atoms with Crippen LogP contribution >= 0.6 is 11.6 Å². The first-order valence-electron chi connectivity index (χ1n) is 4.88. The van der Waals surface area contributed by atoms with Gasteiger partial charge in [0.2, 0.25) is 0 Å². The molecule has 78 valence electrons. The molecule has 0 saturated heterocycles. The smallest absolute Gasteiger partial charge is 0.0781 e. The molecule has 16 heavy (non-hydrogen) atoms. The first-order valence-corrected chi connectivity index (χ1v) is 5.26. The third-order valence-corrected chi connectivity index (χ3v) is 2.60. The van der Waals surface area contributed by atoms with Gasteiger partial charge < -0.3 is 0 Å². The third-order valence-electron chi connectivity index (χ3n) is 2.29. The number of benzene rings is 1. The van der Waals surface area contributed by atoms with Gasteiger partial charge in [0.25, 0.3) is 0 Å². The van der Waals surface area contributed by atoms with Gasteiger partial charge in [0.05, 0.1) is 23.2 Å². The van der Waals surface area contributed by atoms with E-state index in [1.807, 2.05) is 30.3 Å². The highest BCUT2D eigenvalue weighted by Crippen LogP contribution is 2.29. The molecule has 1 aromatic heterocycles. The predicted octanol–water partition coefficient (Wildman–Crippen LogP) is 3.47. The number of halogens is 1. The van der Waals surface area contributed by atoms with Crippen LogP contribution in [0.4, 0.5) is 0 Å². The molecular weight excluding hydrogens is 220 g/mol. The summed E-state index contributed by atoms with van der Waals surface area (Å²) in [6.07, 6.45) is 1.90. The van der Waals surface area contributed by atoms with Crippen LogP contribution in [0.15, 0.2) is 42.6 Å². The highest BCUT2D eigenvalue weighted by atomic mass is 35.5. The van der Waals surface area contributed by atoms with E-state index in [1.165, 1.54) is 0 Å². The lowest BCUT2D eigenvalue weighted by Crippen LogP contribution is -1.93. The second kappa shape index (κ2) is 4.78. The number of nitriles is 1. The predicted molar refractivity (Wildman–Crippen MR) is 64.0 cm³/mol. The number of pyridine rings is 1. The van der Waals surface area contributed by atoms with Gasteiger partial charge in [-0.25, -0.2) is 0 Å². The Morgan fingerprint density at radius 2 is 1.94 bits per heavy atom. The number of hydrogen-bond donors (Lipinski definition) is 0. The van der Waals surface area contributed by atoms with Gasteiger partial charge in [-0.15, -0.1) is 0 Å². The zero-order valence-corrected chi connectivity index (χ0v) is 9.28. The van der Waals surface area contributed by atoms with Crippen LogP contribution in [-0.2, 0) is 6.42 Å². The van der Waals surface area contributed by atoms with E-state index in [9.17, 15) is 0 Å². The molecule has 0 unspecified atom stereocenters. The van der Waals surface area contributed by atoms with E-state index in [-0.39, 0.29) is 6.42 Å². The first kappa shape index (κ1) is 10.7. The number of nitrogens with zero attached hydrogens (tertiary/aromatic N) is 2. The molecule has 3 heteroatoms. The fraction of sp³-hybridized carbons (Fsp3) is 0.0769. The molecule has 0 aliphatic heterocycles. The van der Waals surface area contributed by atoms with Crippen LogP contribution in [0.2, 0.25) is 5.02 Å². The molecule has 0 fully saturated rings. The van der Waals surface area contributed by atoms with Crippen LogP contribution < -0.4 is 0 Å². The maximum Gasteiger partial charge on any atom is 0.0781 e. The lowest BCUT2D eigenvalue weighted by molar-refractivity contribution is 1.12. The maximum absolute atomic E-state index is 8.75. The topological polar surface area (TPSA) is 36.7 Å². The van der Waals surface area contributed by atoms with Crippen molar-refractivity contribution in [2.24, 2.45) is 0 Å².